The Morgan fingerprint density at radius 2 is 0.742 bits per heavy atom. The van der Waals surface area contributed by atoms with Gasteiger partial charge in [0.1, 0.15) is 0 Å². The third kappa shape index (κ3) is 10.3. The zero-order valence-corrected chi connectivity index (χ0v) is 26.0. The molecule has 0 aliphatic heterocycles. The average Bonchev–Trinajstić information content (AvgIpc) is 3.20. The van der Waals surface area contributed by atoms with Crippen molar-refractivity contribution in [3.63, 3.8) is 0 Å². The molecule has 0 nitrogen and oxygen atoms in total. The minimum atomic E-state index is 0. The van der Waals surface area contributed by atoms with Gasteiger partial charge >= 0.3 is 26.2 Å². The number of halogens is 2. The molecule has 0 spiro atoms. The predicted molar refractivity (Wildman–Crippen MR) is 129 cm³/mol. The smallest absolute Gasteiger partial charge is 1.00 e. The molecule has 2 aromatic rings. The molecule has 0 unspecified atom stereocenters. The van der Waals surface area contributed by atoms with Crippen molar-refractivity contribution in [2.75, 3.05) is 0 Å². The maximum atomic E-state index is 2.39. The van der Waals surface area contributed by atoms with Crippen LogP contribution in [0.5, 0.6) is 0 Å². The van der Waals surface area contributed by atoms with Crippen LogP contribution in [0.3, 0.4) is 0 Å². The van der Waals surface area contributed by atoms with Crippen LogP contribution in [0, 0.1) is 0 Å². The molecule has 0 aliphatic carbocycles. The Balaban J connectivity index is -0.000000461. The molecule has 3 heteroatoms. The molecule has 0 atom stereocenters. The van der Waals surface area contributed by atoms with Crippen molar-refractivity contribution in [1.29, 1.82) is 0 Å². The summed E-state index contributed by atoms with van der Waals surface area (Å²) >= 11 is 0. The van der Waals surface area contributed by atoms with Gasteiger partial charge in [0.15, 0.2) is 0 Å². The molecule has 0 aromatic heterocycles. The minimum Gasteiger partial charge on any atom is -1.00 e. The van der Waals surface area contributed by atoms with E-state index in [0.29, 0.717) is 35.5 Å². The molecule has 0 heterocycles. The first-order chi connectivity index (χ1) is 12.9. The summed E-state index contributed by atoms with van der Waals surface area (Å²) in [6, 6.07) is 9.57. The zero-order valence-electron chi connectivity index (χ0n) is 22.0. The van der Waals surface area contributed by atoms with Crippen LogP contribution in [0.4, 0.5) is 0 Å². The van der Waals surface area contributed by atoms with Gasteiger partial charge in [-0.3, -0.25) is 0 Å². The minimum absolute atomic E-state index is 0. The maximum Gasteiger partial charge on any atom is 4.00 e. The summed E-state index contributed by atoms with van der Waals surface area (Å²) in [5.74, 6) is 3.92. The fraction of sp³-hybridized carbons (Fsp3) is 0.643. The van der Waals surface area contributed by atoms with Gasteiger partial charge < -0.3 is 24.8 Å². The van der Waals surface area contributed by atoms with E-state index in [1.54, 1.807) is 22.3 Å². The Morgan fingerprint density at radius 1 is 0.484 bits per heavy atom. The standard InChI is InChI=1S/2C14H23.2ClH.Zr/c2*1-9(2)12-7-13(10(3)4)14(8-12)11(5)6;;;/h2*7-11H,1-6H3;2*1H;/q2*-1;;;+4/p-2. The van der Waals surface area contributed by atoms with Crippen LogP contribution < -0.4 is 24.8 Å². The van der Waals surface area contributed by atoms with Gasteiger partial charge in [-0.15, -0.1) is 0 Å². The summed E-state index contributed by atoms with van der Waals surface area (Å²) in [5.41, 5.74) is 9.18. The van der Waals surface area contributed by atoms with Crippen molar-refractivity contribution in [3.05, 3.63) is 57.6 Å². The van der Waals surface area contributed by atoms with Crippen LogP contribution in [0.2, 0.25) is 0 Å². The second kappa shape index (κ2) is 15.9. The van der Waals surface area contributed by atoms with Crippen molar-refractivity contribution in [2.24, 2.45) is 0 Å². The van der Waals surface area contributed by atoms with Crippen LogP contribution in [0.1, 0.15) is 152 Å². The first-order valence-electron chi connectivity index (χ1n) is 11.5. The first-order valence-corrected chi connectivity index (χ1v) is 11.5. The summed E-state index contributed by atoms with van der Waals surface area (Å²) in [4.78, 5) is 0. The molecular weight excluding hydrogens is 498 g/mol. The van der Waals surface area contributed by atoms with Crippen molar-refractivity contribution >= 4 is 0 Å². The Labute approximate surface area is 226 Å². The fourth-order valence-corrected chi connectivity index (χ4v) is 3.80. The van der Waals surface area contributed by atoms with E-state index in [9.17, 15) is 0 Å². The van der Waals surface area contributed by atoms with Crippen molar-refractivity contribution in [1.82, 2.24) is 0 Å². The quantitative estimate of drug-likeness (QED) is 0.488. The molecule has 0 saturated heterocycles. The van der Waals surface area contributed by atoms with Crippen LogP contribution in [0.25, 0.3) is 0 Å². The molecule has 2 rings (SSSR count). The van der Waals surface area contributed by atoms with Gasteiger partial charge in [-0.1, -0.05) is 107 Å². The molecule has 0 bridgehead atoms. The third-order valence-electron chi connectivity index (χ3n) is 5.78. The molecular formula is C28H46Cl2Zr. The Hall–Kier alpha value is 0.163. The summed E-state index contributed by atoms with van der Waals surface area (Å²) < 4.78 is 0. The second-order valence-electron chi connectivity index (χ2n) is 10.3. The summed E-state index contributed by atoms with van der Waals surface area (Å²) in [6.45, 7) is 27.3. The van der Waals surface area contributed by atoms with Crippen LogP contribution in [-0.2, 0) is 26.2 Å². The Bertz CT molecular complexity index is 602. The van der Waals surface area contributed by atoms with Gasteiger partial charge in [0.2, 0.25) is 0 Å². The van der Waals surface area contributed by atoms with Gasteiger partial charge in [0, 0.05) is 0 Å². The largest absolute Gasteiger partial charge is 4.00 e. The normalized spacial score (nSPS) is 10.9. The first kappa shape index (κ1) is 35.7. The van der Waals surface area contributed by atoms with Gasteiger partial charge in [-0.05, 0) is 11.8 Å². The average molecular weight is 545 g/mol. The van der Waals surface area contributed by atoms with E-state index in [1.807, 2.05) is 0 Å². The van der Waals surface area contributed by atoms with Crippen LogP contribution in [0.15, 0.2) is 24.3 Å². The third-order valence-corrected chi connectivity index (χ3v) is 5.78. The van der Waals surface area contributed by atoms with Gasteiger partial charge in [-0.2, -0.15) is 45.5 Å². The second-order valence-corrected chi connectivity index (χ2v) is 10.3. The molecule has 0 N–H and O–H groups in total. The Kier molecular flexibility index (Phi) is 18.3. The van der Waals surface area contributed by atoms with E-state index in [4.69, 9.17) is 0 Å². The van der Waals surface area contributed by atoms with E-state index in [2.05, 4.69) is 107 Å². The summed E-state index contributed by atoms with van der Waals surface area (Å²) in [5, 5.41) is 0. The molecule has 176 valence electrons. The van der Waals surface area contributed by atoms with E-state index in [0.717, 1.165) is 0 Å². The maximum absolute atomic E-state index is 2.39. The van der Waals surface area contributed by atoms with Gasteiger partial charge in [0.05, 0.1) is 0 Å². The van der Waals surface area contributed by atoms with Crippen LogP contribution >= 0.6 is 0 Å². The molecule has 0 saturated carbocycles. The molecule has 0 radical (unpaired) electrons. The zero-order chi connectivity index (χ0) is 21.8. The van der Waals surface area contributed by atoms with Crippen molar-refractivity contribution in [2.45, 2.75) is 119 Å². The number of hydrogen-bond acceptors (Lipinski definition) is 0. The van der Waals surface area contributed by atoms with Crippen molar-refractivity contribution in [3.8, 4) is 0 Å². The monoisotopic (exact) mass is 542 g/mol. The Morgan fingerprint density at radius 3 is 0.871 bits per heavy atom. The molecule has 0 fully saturated rings. The van der Waals surface area contributed by atoms with Crippen molar-refractivity contribution < 1.29 is 51.0 Å². The number of hydrogen-bond donors (Lipinski definition) is 0. The molecule has 0 aliphatic rings. The summed E-state index contributed by atoms with van der Waals surface area (Å²) in [6.07, 6.45) is 0. The van der Waals surface area contributed by atoms with E-state index in [-0.39, 0.29) is 51.0 Å². The van der Waals surface area contributed by atoms with E-state index < -0.39 is 0 Å². The summed E-state index contributed by atoms with van der Waals surface area (Å²) in [7, 11) is 0. The molecule has 0 amide bonds. The van der Waals surface area contributed by atoms with E-state index >= 15 is 0 Å². The molecule has 31 heavy (non-hydrogen) atoms. The van der Waals surface area contributed by atoms with Gasteiger partial charge in [-0.25, -0.2) is 12.1 Å². The SMILES string of the molecule is CC(C)c1cc(C(C)C)[c-](C(C)C)c1.CC(C)c1cc(C(C)C)[c-](C(C)C)c1.[Cl-].[Cl-].[Zr+4]. The predicted octanol–water partition coefficient (Wildman–Crippen LogP) is 3.56. The fourth-order valence-electron chi connectivity index (χ4n) is 3.80. The topological polar surface area (TPSA) is 0 Å². The molecule has 2 aromatic carbocycles. The number of rotatable bonds is 6. The van der Waals surface area contributed by atoms with E-state index in [1.165, 1.54) is 11.1 Å². The van der Waals surface area contributed by atoms with Crippen LogP contribution in [-0.4, -0.2) is 0 Å². The van der Waals surface area contributed by atoms with Gasteiger partial charge in [0.25, 0.3) is 0 Å².